The lowest BCUT2D eigenvalue weighted by molar-refractivity contribution is 1.14. The van der Waals surface area contributed by atoms with Crippen LogP contribution < -0.4 is 0 Å². The van der Waals surface area contributed by atoms with Gasteiger partial charge < -0.3 is 0 Å². The Hall–Kier alpha value is -0.780. The van der Waals surface area contributed by atoms with Crippen molar-refractivity contribution in [2.75, 3.05) is 0 Å². The topological polar surface area (TPSA) is 0 Å². The SMILES string of the molecule is C1CC1.CCc1ccc(C)cc1. The van der Waals surface area contributed by atoms with Crippen LogP contribution in [0.4, 0.5) is 0 Å². The molecule has 0 aliphatic heterocycles. The predicted molar refractivity (Wildman–Crippen MR) is 54.4 cm³/mol. The zero-order chi connectivity index (χ0) is 8.81. The van der Waals surface area contributed by atoms with E-state index in [4.69, 9.17) is 0 Å². The summed E-state index contributed by atoms with van der Waals surface area (Å²) >= 11 is 0. The summed E-state index contributed by atoms with van der Waals surface area (Å²) in [6.07, 6.45) is 5.64. The largest absolute Gasteiger partial charge is 0.0613 e. The zero-order valence-electron chi connectivity index (χ0n) is 8.14. The third kappa shape index (κ3) is 4.17. The van der Waals surface area contributed by atoms with E-state index in [0.29, 0.717) is 0 Å². The first kappa shape index (κ1) is 9.31. The van der Waals surface area contributed by atoms with Crippen LogP contribution in [0.3, 0.4) is 0 Å². The lowest BCUT2D eigenvalue weighted by Crippen LogP contribution is -1.77. The van der Waals surface area contributed by atoms with Gasteiger partial charge in [0.25, 0.3) is 0 Å². The van der Waals surface area contributed by atoms with Gasteiger partial charge in [0.2, 0.25) is 0 Å². The molecule has 1 fully saturated rings. The molecule has 0 radical (unpaired) electrons. The lowest BCUT2D eigenvalue weighted by atomic mass is 10.1. The van der Waals surface area contributed by atoms with Gasteiger partial charge in [0.15, 0.2) is 0 Å². The van der Waals surface area contributed by atoms with Gasteiger partial charge in [0.05, 0.1) is 0 Å². The van der Waals surface area contributed by atoms with E-state index in [1.165, 1.54) is 30.4 Å². The Bertz CT molecular complexity index is 203. The molecule has 1 aromatic rings. The van der Waals surface area contributed by atoms with Gasteiger partial charge in [-0.1, -0.05) is 56.0 Å². The van der Waals surface area contributed by atoms with Crippen molar-refractivity contribution >= 4 is 0 Å². The maximum atomic E-state index is 2.18. The summed E-state index contributed by atoms with van der Waals surface area (Å²) in [5, 5.41) is 0. The van der Waals surface area contributed by atoms with E-state index in [1.807, 2.05) is 0 Å². The summed E-state index contributed by atoms with van der Waals surface area (Å²) in [6, 6.07) is 8.66. The van der Waals surface area contributed by atoms with Gasteiger partial charge in [-0.05, 0) is 18.9 Å². The minimum absolute atomic E-state index is 1.14. The fourth-order valence-electron chi connectivity index (χ4n) is 0.824. The average molecular weight is 162 g/mol. The molecule has 0 aromatic heterocycles. The van der Waals surface area contributed by atoms with Crippen LogP contribution in [-0.2, 0) is 6.42 Å². The third-order valence-corrected chi connectivity index (χ3v) is 1.88. The number of benzene rings is 1. The summed E-state index contributed by atoms with van der Waals surface area (Å²) in [7, 11) is 0. The highest BCUT2D eigenvalue weighted by Gasteiger charge is 1.95. The summed E-state index contributed by atoms with van der Waals surface area (Å²) in [5.74, 6) is 0. The molecule has 0 atom stereocenters. The molecule has 1 aliphatic carbocycles. The molecular weight excluding hydrogens is 144 g/mol. The van der Waals surface area contributed by atoms with Gasteiger partial charge in [-0.3, -0.25) is 0 Å². The molecule has 66 valence electrons. The fourth-order valence-corrected chi connectivity index (χ4v) is 0.824. The highest BCUT2D eigenvalue weighted by molar-refractivity contribution is 5.20. The van der Waals surface area contributed by atoms with Crippen molar-refractivity contribution in [3.05, 3.63) is 35.4 Å². The van der Waals surface area contributed by atoms with E-state index in [-0.39, 0.29) is 0 Å². The quantitative estimate of drug-likeness (QED) is 0.590. The maximum Gasteiger partial charge on any atom is -0.0307 e. The number of aryl methyl sites for hydroxylation is 2. The van der Waals surface area contributed by atoms with Crippen molar-refractivity contribution < 1.29 is 0 Å². The smallest absolute Gasteiger partial charge is 0.0307 e. The molecule has 0 spiro atoms. The second-order valence-electron chi connectivity index (χ2n) is 3.40. The molecular formula is C12H18. The summed E-state index contributed by atoms with van der Waals surface area (Å²) in [6.45, 7) is 4.28. The number of rotatable bonds is 1. The van der Waals surface area contributed by atoms with Crippen molar-refractivity contribution in [2.45, 2.75) is 39.5 Å². The standard InChI is InChI=1S/C9H12.C3H6/c1-3-9-6-4-8(2)5-7-9;1-2-3-1/h4-7H,3H2,1-2H3;1-3H2. The maximum absolute atomic E-state index is 2.18. The highest BCUT2D eigenvalue weighted by atomic mass is 14.0. The van der Waals surface area contributed by atoms with Crippen LogP contribution in [0.1, 0.15) is 37.3 Å². The molecule has 1 aromatic carbocycles. The van der Waals surface area contributed by atoms with Crippen molar-refractivity contribution in [2.24, 2.45) is 0 Å². The second-order valence-corrected chi connectivity index (χ2v) is 3.40. The van der Waals surface area contributed by atoms with E-state index in [2.05, 4.69) is 38.1 Å². The van der Waals surface area contributed by atoms with Gasteiger partial charge >= 0.3 is 0 Å². The monoisotopic (exact) mass is 162 g/mol. The Balaban J connectivity index is 0.000000200. The summed E-state index contributed by atoms with van der Waals surface area (Å²) in [5.41, 5.74) is 2.76. The summed E-state index contributed by atoms with van der Waals surface area (Å²) < 4.78 is 0. The van der Waals surface area contributed by atoms with Gasteiger partial charge in [-0.25, -0.2) is 0 Å². The molecule has 0 heterocycles. The van der Waals surface area contributed by atoms with Crippen LogP contribution in [0.2, 0.25) is 0 Å². The first-order chi connectivity index (χ1) is 5.83. The van der Waals surface area contributed by atoms with Crippen LogP contribution in [0.5, 0.6) is 0 Å². The predicted octanol–water partition coefficient (Wildman–Crippen LogP) is 3.73. The lowest BCUT2D eigenvalue weighted by Gasteiger charge is -1.94. The first-order valence-electron chi connectivity index (χ1n) is 4.88. The Labute approximate surface area is 75.6 Å². The average Bonchev–Trinajstić information content (AvgIpc) is 2.92. The molecule has 0 nitrogen and oxygen atoms in total. The second kappa shape index (κ2) is 4.97. The number of hydrogen-bond acceptors (Lipinski definition) is 0. The van der Waals surface area contributed by atoms with Crippen LogP contribution in [0, 0.1) is 6.92 Å². The van der Waals surface area contributed by atoms with Crippen LogP contribution in [0.25, 0.3) is 0 Å². The zero-order valence-corrected chi connectivity index (χ0v) is 8.14. The van der Waals surface area contributed by atoms with Crippen molar-refractivity contribution in [3.63, 3.8) is 0 Å². The van der Waals surface area contributed by atoms with E-state index in [0.717, 1.165) is 6.42 Å². The van der Waals surface area contributed by atoms with Crippen molar-refractivity contribution in [1.29, 1.82) is 0 Å². The van der Waals surface area contributed by atoms with Gasteiger partial charge in [0, 0.05) is 0 Å². The minimum Gasteiger partial charge on any atom is -0.0613 e. The molecule has 1 saturated carbocycles. The van der Waals surface area contributed by atoms with Gasteiger partial charge in [-0.15, -0.1) is 0 Å². The van der Waals surface area contributed by atoms with Crippen LogP contribution >= 0.6 is 0 Å². The molecule has 0 amide bonds. The van der Waals surface area contributed by atoms with E-state index in [9.17, 15) is 0 Å². The Kier molecular flexibility index (Phi) is 3.86. The fraction of sp³-hybridized carbons (Fsp3) is 0.500. The Morgan fingerprint density at radius 3 is 1.83 bits per heavy atom. The normalized spacial score (nSPS) is 13.2. The van der Waals surface area contributed by atoms with E-state index >= 15 is 0 Å². The van der Waals surface area contributed by atoms with Gasteiger partial charge in [-0.2, -0.15) is 0 Å². The molecule has 0 N–H and O–H groups in total. The minimum atomic E-state index is 1.14. The number of hydrogen-bond donors (Lipinski definition) is 0. The molecule has 0 unspecified atom stereocenters. The first-order valence-corrected chi connectivity index (χ1v) is 4.88. The Morgan fingerprint density at radius 1 is 1.00 bits per heavy atom. The highest BCUT2D eigenvalue weighted by Crippen LogP contribution is 2.14. The van der Waals surface area contributed by atoms with Crippen LogP contribution in [-0.4, -0.2) is 0 Å². The summed E-state index contributed by atoms with van der Waals surface area (Å²) in [4.78, 5) is 0. The molecule has 1 aliphatic rings. The molecule has 0 saturated heterocycles. The molecule has 0 bridgehead atoms. The third-order valence-electron chi connectivity index (χ3n) is 1.88. The van der Waals surface area contributed by atoms with E-state index in [1.54, 1.807) is 0 Å². The molecule has 2 rings (SSSR count). The Morgan fingerprint density at radius 2 is 1.50 bits per heavy atom. The molecule has 0 heteroatoms. The van der Waals surface area contributed by atoms with Crippen molar-refractivity contribution in [3.8, 4) is 0 Å². The van der Waals surface area contributed by atoms with Crippen molar-refractivity contribution in [1.82, 2.24) is 0 Å². The molecule has 12 heavy (non-hydrogen) atoms. The van der Waals surface area contributed by atoms with E-state index < -0.39 is 0 Å². The van der Waals surface area contributed by atoms with Gasteiger partial charge in [0.1, 0.15) is 0 Å². The van der Waals surface area contributed by atoms with Crippen LogP contribution in [0.15, 0.2) is 24.3 Å².